The normalized spacial score (nSPS) is 11.2. The molecule has 0 heterocycles. The Morgan fingerprint density at radius 2 is 0.672 bits per heavy atom. The quantitative estimate of drug-likeness (QED) is 0.0187. The lowest BCUT2D eigenvalue weighted by atomic mass is 10.1. The molecule has 0 radical (unpaired) electrons. The summed E-state index contributed by atoms with van der Waals surface area (Å²) in [6, 6.07) is 32.3. The number of carbonyl (C=O) groups is 2. The molecule has 4 rings (SSSR count). The number of nitrogens with zero attached hydrogens (tertiary/aromatic N) is 2. The Hall–Kier alpha value is -6.02. The summed E-state index contributed by atoms with van der Waals surface area (Å²) in [5.41, 5.74) is 6.02. The number of hydrogen-bond donors (Lipinski definition) is 0. The molecule has 304 valence electrons. The molecule has 0 fully saturated rings. The van der Waals surface area contributed by atoms with Crippen molar-refractivity contribution in [3.05, 3.63) is 145 Å². The first-order valence-electron chi connectivity index (χ1n) is 20.5. The van der Waals surface area contributed by atoms with Gasteiger partial charge in [0.2, 0.25) is 0 Å². The smallest absolute Gasteiger partial charge is 0.330 e. The average Bonchev–Trinajstić information content (AvgIpc) is 3.26. The van der Waals surface area contributed by atoms with Crippen molar-refractivity contribution in [3.8, 4) is 11.5 Å². The van der Waals surface area contributed by atoms with E-state index in [2.05, 4.69) is 84.1 Å². The van der Waals surface area contributed by atoms with Crippen molar-refractivity contribution in [1.82, 2.24) is 0 Å². The van der Waals surface area contributed by atoms with E-state index in [0.717, 1.165) is 122 Å². The molecule has 0 aliphatic carbocycles. The molecule has 0 saturated heterocycles. The van der Waals surface area contributed by atoms with Gasteiger partial charge in [-0.3, -0.25) is 0 Å². The number of hydrogen-bond acceptors (Lipinski definition) is 8. The Labute approximate surface area is 345 Å². The molecule has 8 heteroatoms. The van der Waals surface area contributed by atoms with E-state index in [9.17, 15) is 9.59 Å². The topological polar surface area (TPSA) is 95.8 Å². The third-order valence-electron chi connectivity index (χ3n) is 9.20. The van der Waals surface area contributed by atoms with E-state index >= 15 is 0 Å². The van der Waals surface area contributed by atoms with E-state index in [1.807, 2.05) is 60.7 Å². The summed E-state index contributed by atoms with van der Waals surface area (Å²) in [7, 11) is 0. The molecule has 58 heavy (non-hydrogen) atoms. The predicted octanol–water partition coefficient (Wildman–Crippen LogP) is 13.3. The summed E-state index contributed by atoms with van der Waals surface area (Å²) < 4.78 is 21.8. The van der Waals surface area contributed by atoms with Gasteiger partial charge in [0.25, 0.3) is 0 Å². The Balaban J connectivity index is 1.07. The monoisotopic (exact) mass is 782 g/mol. The van der Waals surface area contributed by atoms with Crippen molar-refractivity contribution in [2.45, 2.75) is 77.0 Å². The molecule has 0 atom stereocenters. The van der Waals surface area contributed by atoms with Crippen LogP contribution in [0.25, 0.3) is 24.3 Å². The number of azo groups is 1. The first-order valence-corrected chi connectivity index (χ1v) is 20.5. The van der Waals surface area contributed by atoms with Crippen LogP contribution in [0.5, 0.6) is 11.5 Å². The maximum Gasteiger partial charge on any atom is 0.330 e. The second kappa shape index (κ2) is 27.6. The minimum absolute atomic E-state index is 0.348. The fraction of sp³-hybridized carbons (Fsp3) is 0.320. The first-order chi connectivity index (χ1) is 28.5. The molecule has 0 N–H and O–H groups in total. The highest BCUT2D eigenvalue weighted by Gasteiger charge is 2.00. The zero-order chi connectivity index (χ0) is 40.9. The molecule has 4 aromatic carbocycles. The van der Waals surface area contributed by atoms with E-state index in [4.69, 9.17) is 18.9 Å². The maximum absolute atomic E-state index is 11.0. The molecule has 0 unspecified atom stereocenters. The van der Waals surface area contributed by atoms with Gasteiger partial charge in [0.15, 0.2) is 0 Å². The number of benzene rings is 4. The zero-order valence-electron chi connectivity index (χ0n) is 33.8. The van der Waals surface area contributed by atoms with Crippen LogP contribution in [0.15, 0.2) is 133 Å². The zero-order valence-corrected chi connectivity index (χ0v) is 33.8. The standard InChI is InChI=1S/C50H58N2O6/c1-3-49(53)57-39-15-11-7-5-9-13-37-55-47-33-27-44(28-34-47)24-22-42-19-17-41(18-20-42)21-23-43-25-29-45(30-26-43)51-52-46-31-35-48(36-32-46)56-38-14-10-6-8-12-16-40-58-50(54)4-2/h3-4,17-36H,1-2,5-16,37-40H2/b23-21+,24-22?,52-51?. The fourth-order valence-electron chi connectivity index (χ4n) is 5.82. The number of ether oxygens (including phenoxy) is 4. The molecule has 8 nitrogen and oxygen atoms in total. The van der Waals surface area contributed by atoms with Crippen molar-refractivity contribution in [3.63, 3.8) is 0 Å². The van der Waals surface area contributed by atoms with E-state index in [1.54, 1.807) is 0 Å². The molecule has 0 spiro atoms. The highest BCUT2D eigenvalue weighted by molar-refractivity contribution is 5.81. The van der Waals surface area contributed by atoms with E-state index in [0.29, 0.717) is 26.4 Å². The van der Waals surface area contributed by atoms with Crippen LogP contribution in [0.2, 0.25) is 0 Å². The average molecular weight is 783 g/mol. The molecule has 0 bridgehead atoms. The van der Waals surface area contributed by atoms with Gasteiger partial charge in [0.05, 0.1) is 37.8 Å². The van der Waals surface area contributed by atoms with Crippen LogP contribution in [-0.4, -0.2) is 38.4 Å². The van der Waals surface area contributed by atoms with Crippen LogP contribution < -0.4 is 9.47 Å². The summed E-state index contributed by atoms with van der Waals surface area (Å²) in [5.74, 6) is 1.01. The minimum Gasteiger partial charge on any atom is -0.494 e. The van der Waals surface area contributed by atoms with Crippen molar-refractivity contribution in [1.29, 1.82) is 0 Å². The van der Waals surface area contributed by atoms with Gasteiger partial charge in [-0.05, 0) is 96.5 Å². The Morgan fingerprint density at radius 1 is 0.397 bits per heavy atom. The summed E-state index contributed by atoms with van der Waals surface area (Å²) in [5, 5.41) is 8.78. The Kier molecular flexibility index (Phi) is 21.2. The van der Waals surface area contributed by atoms with Crippen molar-refractivity contribution in [2.75, 3.05) is 26.4 Å². The molecule has 0 saturated carbocycles. The maximum atomic E-state index is 11.0. The molecular weight excluding hydrogens is 725 g/mol. The fourth-order valence-corrected chi connectivity index (χ4v) is 5.82. The number of carbonyl (C=O) groups excluding carboxylic acids is 2. The highest BCUT2D eigenvalue weighted by atomic mass is 16.5. The van der Waals surface area contributed by atoms with Crippen LogP contribution >= 0.6 is 0 Å². The van der Waals surface area contributed by atoms with E-state index in [-0.39, 0.29) is 11.9 Å². The molecule has 0 aliphatic rings. The first kappa shape index (κ1) is 44.7. The van der Waals surface area contributed by atoms with Crippen LogP contribution in [0.3, 0.4) is 0 Å². The van der Waals surface area contributed by atoms with E-state index in [1.165, 1.54) is 12.2 Å². The molecule has 0 aliphatic heterocycles. The van der Waals surface area contributed by atoms with Crippen LogP contribution in [0.1, 0.15) is 99.3 Å². The largest absolute Gasteiger partial charge is 0.494 e. The highest BCUT2D eigenvalue weighted by Crippen LogP contribution is 2.23. The number of unbranched alkanes of at least 4 members (excludes halogenated alkanes) is 10. The third-order valence-corrected chi connectivity index (χ3v) is 9.20. The van der Waals surface area contributed by atoms with Crippen molar-refractivity contribution in [2.24, 2.45) is 10.2 Å². The predicted molar refractivity (Wildman–Crippen MR) is 237 cm³/mol. The SMILES string of the molecule is C=CC(=O)OCCCCCCCCOc1ccc(C=Cc2ccc(/C=C/c3ccc(N=Nc4ccc(OCCCCCCCCOC(=O)C=C)cc4)cc3)cc2)cc1. The van der Waals surface area contributed by atoms with Crippen molar-refractivity contribution < 1.29 is 28.5 Å². The summed E-state index contributed by atoms with van der Waals surface area (Å²) in [6.07, 6.45) is 23.5. The Bertz CT molecular complexity index is 1740. The van der Waals surface area contributed by atoms with Crippen LogP contribution in [0.4, 0.5) is 11.4 Å². The van der Waals surface area contributed by atoms with Gasteiger partial charge in [-0.15, -0.1) is 0 Å². The van der Waals surface area contributed by atoms with Gasteiger partial charge in [0, 0.05) is 12.2 Å². The summed E-state index contributed by atoms with van der Waals surface area (Å²) >= 11 is 0. The molecule has 0 amide bonds. The number of rotatable bonds is 28. The van der Waals surface area contributed by atoms with E-state index < -0.39 is 0 Å². The second-order valence-corrected chi connectivity index (χ2v) is 13.9. The van der Waals surface area contributed by atoms with Gasteiger partial charge in [-0.1, -0.05) is 137 Å². The summed E-state index contributed by atoms with van der Waals surface area (Å²) in [6.45, 7) is 9.12. The lowest BCUT2D eigenvalue weighted by molar-refractivity contribution is -0.138. The lowest BCUT2D eigenvalue weighted by Crippen LogP contribution is -2.01. The van der Waals surface area contributed by atoms with Crippen molar-refractivity contribution >= 4 is 47.6 Å². The van der Waals surface area contributed by atoms with Gasteiger partial charge in [0.1, 0.15) is 11.5 Å². The van der Waals surface area contributed by atoms with Gasteiger partial charge in [-0.25, -0.2) is 9.59 Å². The number of esters is 2. The second-order valence-electron chi connectivity index (χ2n) is 13.9. The Morgan fingerprint density at radius 3 is 1.03 bits per heavy atom. The third kappa shape index (κ3) is 19.2. The lowest BCUT2D eigenvalue weighted by Gasteiger charge is -2.07. The van der Waals surface area contributed by atoms with Crippen LogP contribution in [-0.2, 0) is 19.1 Å². The molecular formula is C50H58N2O6. The van der Waals surface area contributed by atoms with Gasteiger partial charge < -0.3 is 18.9 Å². The molecule has 0 aromatic heterocycles. The summed E-state index contributed by atoms with van der Waals surface area (Å²) in [4.78, 5) is 22.1. The minimum atomic E-state index is -0.353. The van der Waals surface area contributed by atoms with Crippen LogP contribution in [0, 0.1) is 0 Å². The van der Waals surface area contributed by atoms with Gasteiger partial charge in [-0.2, -0.15) is 10.2 Å². The van der Waals surface area contributed by atoms with Gasteiger partial charge >= 0.3 is 11.9 Å². The molecule has 4 aromatic rings.